The van der Waals surface area contributed by atoms with E-state index in [0.717, 1.165) is 12.8 Å². The molecule has 0 unspecified atom stereocenters. The van der Waals surface area contributed by atoms with Crippen molar-refractivity contribution in [1.29, 1.82) is 0 Å². The van der Waals surface area contributed by atoms with Gasteiger partial charge in [0.05, 0.1) is 11.1 Å². The quantitative estimate of drug-likeness (QED) is 0.334. The summed E-state index contributed by atoms with van der Waals surface area (Å²) in [6.45, 7) is 1.53. The molecular weight excluding hydrogens is 410 g/mol. The van der Waals surface area contributed by atoms with Gasteiger partial charge in [-0.3, -0.25) is 14.9 Å². The molecule has 8 nitrogen and oxygen atoms in total. The molecule has 0 saturated carbocycles. The van der Waals surface area contributed by atoms with Crippen molar-refractivity contribution in [1.82, 2.24) is 5.43 Å². The molecule has 1 heterocycles. The Bertz CT molecular complexity index is 1180. The van der Waals surface area contributed by atoms with Gasteiger partial charge in [-0.05, 0) is 68.0 Å². The van der Waals surface area contributed by atoms with Crippen molar-refractivity contribution in [2.45, 2.75) is 32.6 Å². The van der Waals surface area contributed by atoms with Gasteiger partial charge in [0.1, 0.15) is 17.3 Å². The molecule has 164 valence electrons. The van der Waals surface area contributed by atoms with Crippen LogP contribution in [-0.4, -0.2) is 23.7 Å². The summed E-state index contributed by atoms with van der Waals surface area (Å²) in [5, 5.41) is 15.0. The van der Waals surface area contributed by atoms with Gasteiger partial charge in [-0.25, -0.2) is 5.43 Å². The number of nitro groups is 1. The highest BCUT2D eigenvalue weighted by Crippen LogP contribution is 2.30. The maximum Gasteiger partial charge on any atom is 0.277 e. The van der Waals surface area contributed by atoms with Gasteiger partial charge in [0, 0.05) is 17.2 Å². The van der Waals surface area contributed by atoms with Crippen molar-refractivity contribution in [2.24, 2.45) is 5.10 Å². The van der Waals surface area contributed by atoms with Gasteiger partial charge in [0.2, 0.25) is 0 Å². The van der Waals surface area contributed by atoms with E-state index < -0.39 is 4.92 Å². The Morgan fingerprint density at radius 1 is 1.19 bits per heavy atom. The van der Waals surface area contributed by atoms with Crippen LogP contribution in [0, 0.1) is 17.0 Å². The molecule has 0 bridgehead atoms. The fraction of sp³-hybridized carbons (Fsp3) is 0.250. The molecule has 0 fully saturated rings. The number of rotatable bonds is 7. The topological polar surface area (TPSA) is 107 Å². The lowest BCUT2D eigenvalue weighted by Gasteiger charge is -2.16. The summed E-state index contributed by atoms with van der Waals surface area (Å²) >= 11 is 0. The molecule has 2 aromatic carbocycles. The Hall–Kier alpha value is -3.94. The van der Waals surface area contributed by atoms with E-state index in [1.165, 1.54) is 36.2 Å². The van der Waals surface area contributed by atoms with Crippen LogP contribution < -0.4 is 10.2 Å². The van der Waals surface area contributed by atoms with Crippen LogP contribution >= 0.6 is 0 Å². The van der Waals surface area contributed by atoms with Crippen molar-refractivity contribution in [3.63, 3.8) is 0 Å². The number of hydrazone groups is 1. The Labute approximate surface area is 185 Å². The number of carbonyl (C=O) groups is 1. The van der Waals surface area contributed by atoms with E-state index in [2.05, 4.69) is 16.6 Å². The highest BCUT2D eigenvalue weighted by molar-refractivity contribution is 5.82. The van der Waals surface area contributed by atoms with Crippen LogP contribution in [-0.2, 0) is 17.6 Å². The predicted octanol–water partition coefficient (Wildman–Crippen LogP) is 4.57. The van der Waals surface area contributed by atoms with Crippen molar-refractivity contribution in [2.75, 3.05) is 6.61 Å². The smallest absolute Gasteiger partial charge is 0.277 e. The molecule has 3 aromatic rings. The minimum absolute atomic E-state index is 0.0281. The number of aryl methyl sites for hydroxylation is 2. The standard InChI is InChI=1S/C24H23N3O5/c1-16-21(7-4-8-22(16)27(29)30)23-12-11-20(32-23)14-25-26-24(28)15-31-19-10-9-17-5-2-3-6-18(17)13-19/h4,7-14H,2-3,5-6,15H2,1H3,(H,26,28)/b25-14-. The number of hydrogen-bond acceptors (Lipinski definition) is 6. The summed E-state index contributed by atoms with van der Waals surface area (Å²) in [6.07, 6.45) is 5.91. The third-order valence-electron chi connectivity index (χ3n) is 5.47. The molecule has 1 aliphatic carbocycles. The van der Waals surface area contributed by atoms with E-state index in [1.54, 1.807) is 31.2 Å². The fourth-order valence-corrected chi connectivity index (χ4v) is 3.80. The van der Waals surface area contributed by atoms with E-state index in [9.17, 15) is 14.9 Å². The van der Waals surface area contributed by atoms with Crippen LogP contribution in [0.3, 0.4) is 0 Å². The fourth-order valence-electron chi connectivity index (χ4n) is 3.80. The monoisotopic (exact) mass is 433 g/mol. The lowest BCUT2D eigenvalue weighted by atomic mass is 9.92. The highest BCUT2D eigenvalue weighted by atomic mass is 16.6. The maximum absolute atomic E-state index is 12.0. The lowest BCUT2D eigenvalue weighted by Crippen LogP contribution is -2.24. The minimum atomic E-state index is -0.425. The van der Waals surface area contributed by atoms with Crippen LogP contribution in [0.5, 0.6) is 5.75 Å². The molecule has 8 heteroatoms. The summed E-state index contributed by atoms with van der Waals surface area (Å²) in [5.41, 5.74) is 6.22. The van der Waals surface area contributed by atoms with Gasteiger partial charge in [-0.1, -0.05) is 18.2 Å². The Kier molecular flexibility index (Phi) is 6.30. The molecule has 0 saturated heterocycles. The number of nitro benzene ring substituents is 1. The zero-order valence-corrected chi connectivity index (χ0v) is 17.7. The summed E-state index contributed by atoms with van der Waals surface area (Å²) in [6, 6.07) is 14.2. The normalized spacial score (nSPS) is 13.0. The molecule has 0 atom stereocenters. The van der Waals surface area contributed by atoms with Gasteiger partial charge in [-0.2, -0.15) is 5.10 Å². The van der Waals surface area contributed by atoms with Crippen molar-refractivity contribution >= 4 is 17.8 Å². The van der Waals surface area contributed by atoms with E-state index in [4.69, 9.17) is 9.15 Å². The SMILES string of the molecule is Cc1c(-c2ccc(/C=N\NC(=O)COc3ccc4c(c3)CCCC4)o2)cccc1[N+](=O)[O-]. The maximum atomic E-state index is 12.0. The van der Waals surface area contributed by atoms with Gasteiger partial charge < -0.3 is 9.15 Å². The van der Waals surface area contributed by atoms with Crippen molar-refractivity contribution < 1.29 is 18.9 Å². The van der Waals surface area contributed by atoms with Gasteiger partial charge >= 0.3 is 0 Å². The molecule has 0 aliphatic heterocycles. The average Bonchev–Trinajstić information content (AvgIpc) is 3.26. The summed E-state index contributed by atoms with van der Waals surface area (Å²) in [5.74, 6) is 1.17. The number of hydrogen-bond donors (Lipinski definition) is 1. The largest absolute Gasteiger partial charge is 0.484 e. The first-order valence-corrected chi connectivity index (χ1v) is 10.4. The Morgan fingerprint density at radius 3 is 2.81 bits per heavy atom. The molecule has 0 radical (unpaired) electrons. The Balaban J connectivity index is 1.32. The van der Waals surface area contributed by atoms with Crippen LogP contribution in [0.2, 0.25) is 0 Å². The predicted molar refractivity (Wildman–Crippen MR) is 120 cm³/mol. The minimum Gasteiger partial charge on any atom is -0.484 e. The number of furan rings is 1. The molecule has 1 aromatic heterocycles. The zero-order valence-electron chi connectivity index (χ0n) is 17.7. The van der Waals surface area contributed by atoms with Crippen LogP contribution in [0.1, 0.15) is 35.3 Å². The number of carbonyl (C=O) groups excluding carboxylic acids is 1. The molecular formula is C24H23N3O5. The molecule has 1 amide bonds. The summed E-state index contributed by atoms with van der Waals surface area (Å²) in [7, 11) is 0. The Morgan fingerprint density at radius 2 is 2.00 bits per heavy atom. The highest BCUT2D eigenvalue weighted by Gasteiger charge is 2.16. The molecule has 32 heavy (non-hydrogen) atoms. The van der Waals surface area contributed by atoms with Crippen LogP contribution in [0.4, 0.5) is 5.69 Å². The number of nitrogens with zero attached hydrogens (tertiary/aromatic N) is 2. The number of fused-ring (bicyclic) bond motifs is 1. The third kappa shape index (κ3) is 4.85. The first-order chi connectivity index (χ1) is 15.5. The zero-order chi connectivity index (χ0) is 22.5. The van der Waals surface area contributed by atoms with Crippen molar-refractivity contribution in [3.05, 3.63) is 81.1 Å². The van der Waals surface area contributed by atoms with Crippen molar-refractivity contribution in [3.8, 4) is 17.1 Å². The second-order valence-electron chi connectivity index (χ2n) is 7.63. The molecule has 1 aliphatic rings. The first kappa shape index (κ1) is 21.3. The van der Waals surface area contributed by atoms with E-state index in [-0.39, 0.29) is 18.2 Å². The lowest BCUT2D eigenvalue weighted by molar-refractivity contribution is -0.385. The van der Waals surface area contributed by atoms with Crippen LogP contribution in [0.15, 0.2) is 58.0 Å². The number of amides is 1. The van der Waals surface area contributed by atoms with Gasteiger partial charge in [-0.15, -0.1) is 0 Å². The molecule has 0 spiro atoms. The molecule has 1 N–H and O–H groups in total. The second-order valence-corrected chi connectivity index (χ2v) is 7.63. The number of nitrogens with one attached hydrogen (secondary N) is 1. The molecule has 4 rings (SSSR count). The van der Waals surface area contributed by atoms with Gasteiger partial charge in [0.25, 0.3) is 11.6 Å². The third-order valence-corrected chi connectivity index (χ3v) is 5.47. The first-order valence-electron chi connectivity index (χ1n) is 10.4. The van der Waals surface area contributed by atoms with E-state index >= 15 is 0 Å². The van der Waals surface area contributed by atoms with E-state index in [1.807, 2.05) is 12.1 Å². The van der Waals surface area contributed by atoms with E-state index in [0.29, 0.717) is 28.4 Å². The number of benzene rings is 2. The summed E-state index contributed by atoms with van der Waals surface area (Å²) < 4.78 is 11.3. The average molecular weight is 433 g/mol. The summed E-state index contributed by atoms with van der Waals surface area (Å²) in [4.78, 5) is 22.7. The van der Waals surface area contributed by atoms with Gasteiger partial charge in [0.15, 0.2) is 6.61 Å². The second kappa shape index (κ2) is 9.47. The number of ether oxygens (including phenoxy) is 1. The van der Waals surface area contributed by atoms with Crippen LogP contribution in [0.25, 0.3) is 11.3 Å².